The first-order valence-electron chi connectivity index (χ1n) is 3.70. The van der Waals surface area contributed by atoms with Gasteiger partial charge in [0.05, 0.1) is 0 Å². The second-order valence-electron chi connectivity index (χ2n) is 1.99. The Kier molecular flexibility index (Phi) is 9.68. The molecule has 0 bridgehead atoms. The second kappa shape index (κ2) is 9.83. The van der Waals surface area contributed by atoms with E-state index in [9.17, 15) is 0 Å². The molecule has 0 aliphatic heterocycles. The lowest BCUT2D eigenvalue weighted by atomic mass is 10.4. The lowest BCUT2D eigenvalue weighted by Crippen LogP contribution is -2.14. The molecule has 1 N–H and O–H groups in total. The van der Waals surface area contributed by atoms with Gasteiger partial charge in [0.2, 0.25) is 0 Å². The van der Waals surface area contributed by atoms with Crippen LogP contribution in [0.3, 0.4) is 0 Å². The lowest BCUT2D eigenvalue weighted by Gasteiger charge is -2.00. The van der Waals surface area contributed by atoms with Gasteiger partial charge in [-0.1, -0.05) is 5.92 Å². The smallest absolute Gasteiger partial charge is 0.107 e. The molecule has 0 amide bonds. The molecule has 0 aliphatic rings. The van der Waals surface area contributed by atoms with Crippen LogP contribution in [-0.2, 0) is 4.74 Å². The Balaban J connectivity index is 2.83. The van der Waals surface area contributed by atoms with Crippen LogP contribution in [0.25, 0.3) is 0 Å². The van der Waals surface area contributed by atoms with Gasteiger partial charge in [-0.05, 0) is 19.9 Å². The van der Waals surface area contributed by atoms with E-state index >= 15 is 0 Å². The van der Waals surface area contributed by atoms with Gasteiger partial charge in [0, 0.05) is 12.5 Å². The van der Waals surface area contributed by atoms with Gasteiger partial charge in [0.25, 0.3) is 0 Å². The molecule has 0 saturated carbocycles. The summed E-state index contributed by atoms with van der Waals surface area (Å²) >= 11 is 4.00. The first-order chi connectivity index (χ1) is 5.41. The quantitative estimate of drug-likeness (QED) is 0.269. The zero-order valence-electron chi connectivity index (χ0n) is 6.89. The van der Waals surface area contributed by atoms with Crippen LogP contribution in [0.2, 0.25) is 0 Å². The van der Waals surface area contributed by atoms with Crippen molar-refractivity contribution in [2.24, 2.45) is 0 Å². The number of rotatable bonds is 6. The predicted octanol–water partition coefficient (Wildman–Crippen LogP) is 0.893. The van der Waals surface area contributed by atoms with Gasteiger partial charge in [-0.3, -0.25) is 0 Å². The summed E-state index contributed by atoms with van der Waals surface area (Å²) in [4.78, 5) is 0. The van der Waals surface area contributed by atoms with Crippen LogP contribution in [0.4, 0.5) is 0 Å². The fourth-order valence-corrected chi connectivity index (χ4v) is 0.732. The van der Waals surface area contributed by atoms with Crippen molar-refractivity contribution >= 4 is 12.6 Å². The largest absolute Gasteiger partial charge is 0.369 e. The van der Waals surface area contributed by atoms with Crippen LogP contribution in [0.15, 0.2) is 0 Å². The van der Waals surface area contributed by atoms with Gasteiger partial charge in [-0.2, -0.15) is 12.6 Å². The Bertz CT molecular complexity index is 128. The SMILES string of the molecule is CC#CCOCCCNCS. The highest BCUT2D eigenvalue weighted by atomic mass is 32.1. The minimum Gasteiger partial charge on any atom is -0.369 e. The standard InChI is InChI=1S/C8H15NOS/c1-2-3-6-10-7-4-5-9-8-11/h9,11H,4-8H2,1H3. The molecule has 2 nitrogen and oxygen atoms in total. The summed E-state index contributed by atoms with van der Waals surface area (Å²) in [5, 5.41) is 3.09. The van der Waals surface area contributed by atoms with Crippen LogP contribution < -0.4 is 5.32 Å². The van der Waals surface area contributed by atoms with E-state index < -0.39 is 0 Å². The van der Waals surface area contributed by atoms with E-state index in [0.717, 1.165) is 25.4 Å². The Morgan fingerprint density at radius 1 is 1.55 bits per heavy atom. The molecule has 0 spiro atoms. The highest BCUT2D eigenvalue weighted by Crippen LogP contribution is 1.80. The Morgan fingerprint density at radius 2 is 2.36 bits per heavy atom. The predicted molar refractivity (Wildman–Crippen MR) is 50.7 cm³/mol. The van der Waals surface area contributed by atoms with E-state index in [-0.39, 0.29) is 0 Å². The summed E-state index contributed by atoms with van der Waals surface area (Å²) in [6.07, 6.45) is 1.02. The van der Waals surface area contributed by atoms with Crippen LogP contribution in [0.5, 0.6) is 0 Å². The minimum absolute atomic E-state index is 0.553. The summed E-state index contributed by atoms with van der Waals surface area (Å²) in [6, 6.07) is 0. The van der Waals surface area contributed by atoms with Gasteiger partial charge in [-0.15, -0.1) is 5.92 Å². The maximum Gasteiger partial charge on any atom is 0.107 e. The van der Waals surface area contributed by atoms with E-state index in [1.807, 2.05) is 6.92 Å². The topological polar surface area (TPSA) is 21.3 Å². The molecule has 3 heteroatoms. The van der Waals surface area contributed by atoms with Crippen molar-refractivity contribution in [3.63, 3.8) is 0 Å². The molecule has 64 valence electrons. The van der Waals surface area contributed by atoms with Crippen LogP contribution in [0, 0.1) is 11.8 Å². The van der Waals surface area contributed by atoms with Gasteiger partial charge < -0.3 is 10.1 Å². The van der Waals surface area contributed by atoms with E-state index in [1.165, 1.54) is 0 Å². The van der Waals surface area contributed by atoms with E-state index in [2.05, 4.69) is 29.8 Å². The number of nitrogens with one attached hydrogen (secondary N) is 1. The fourth-order valence-electron chi connectivity index (χ4n) is 0.574. The molecular formula is C8H15NOS. The Hall–Kier alpha value is -0.170. The van der Waals surface area contributed by atoms with Gasteiger partial charge in [0.15, 0.2) is 0 Å². The zero-order valence-corrected chi connectivity index (χ0v) is 7.79. The first-order valence-corrected chi connectivity index (χ1v) is 4.34. The molecule has 0 heterocycles. The molecule has 0 aliphatic carbocycles. The van der Waals surface area contributed by atoms with Crippen molar-refractivity contribution in [1.82, 2.24) is 5.32 Å². The Labute approximate surface area is 74.1 Å². The van der Waals surface area contributed by atoms with Crippen molar-refractivity contribution in [1.29, 1.82) is 0 Å². The summed E-state index contributed by atoms with van der Waals surface area (Å²) in [5.74, 6) is 6.33. The average Bonchev–Trinajstić information content (AvgIpc) is 2.03. The van der Waals surface area contributed by atoms with Gasteiger partial charge in [-0.25, -0.2) is 0 Å². The van der Waals surface area contributed by atoms with Crippen molar-refractivity contribution in [2.45, 2.75) is 13.3 Å². The van der Waals surface area contributed by atoms with E-state index in [1.54, 1.807) is 0 Å². The molecule has 11 heavy (non-hydrogen) atoms. The fraction of sp³-hybridized carbons (Fsp3) is 0.750. The molecule has 0 radical (unpaired) electrons. The molecular weight excluding hydrogens is 158 g/mol. The third-order valence-corrected chi connectivity index (χ3v) is 1.33. The molecule has 0 aromatic heterocycles. The van der Waals surface area contributed by atoms with Crippen LogP contribution in [0.1, 0.15) is 13.3 Å². The average molecular weight is 173 g/mol. The maximum absolute atomic E-state index is 5.18. The van der Waals surface area contributed by atoms with Crippen LogP contribution in [-0.4, -0.2) is 25.6 Å². The molecule has 0 aromatic carbocycles. The highest BCUT2D eigenvalue weighted by molar-refractivity contribution is 7.80. The lowest BCUT2D eigenvalue weighted by molar-refractivity contribution is 0.164. The summed E-state index contributed by atoms with van der Waals surface area (Å²) in [5.41, 5.74) is 0. The third-order valence-electron chi connectivity index (χ3n) is 1.11. The summed E-state index contributed by atoms with van der Waals surface area (Å²) < 4.78 is 5.18. The number of hydrogen-bond donors (Lipinski definition) is 2. The molecule has 0 saturated heterocycles. The summed E-state index contributed by atoms with van der Waals surface area (Å²) in [6.45, 7) is 4.10. The van der Waals surface area contributed by atoms with Gasteiger partial charge in [0.1, 0.15) is 6.61 Å². The molecule has 0 unspecified atom stereocenters. The number of thiol groups is 1. The first kappa shape index (κ1) is 10.8. The third kappa shape index (κ3) is 9.83. The van der Waals surface area contributed by atoms with Crippen molar-refractivity contribution in [2.75, 3.05) is 25.6 Å². The summed E-state index contributed by atoms with van der Waals surface area (Å²) in [7, 11) is 0. The zero-order chi connectivity index (χ0) is 8.36. The van der Waals surface area contributed by atoms with Gasteiger partial charge >= 0.3 is 0 Å². The van der Waals surface area contributed by atoms with E-state index in [0.29, 0.717) is 6.61 Å². The molecule has 0 rings (SSSR count). The normalized spacial score (nSPS) is 8.91. The Morgan fingerprint density at radius 3 is 3.00 bits per heavy atom. The maximum atomic E-state index is 5.18. The van der Waals surface area contributed by atoms with E-state index in [4.69, 9.17) is 4.74 Å². The monoisotopic (exact) mass is 173 g/mol. The van der Waals surface area contributed by atoms with Crippen molar-refractivity contribution in [3.8, 4) is 11.8 Å². The molecule has 0 atom stereocenters. The number of hydrogen-bond acceptors (Lipinski definition) is 3. The van der Waals surface area contributed by atoms with Crippen molar-refractivity contribution < 1.29 is 4.74 Å². The number of ether oxygens (including phenoxy) is 1. The molecule has 0 fully saturated rings. The minimum atomic E-state index is 0.553. The molecule has 0 aromatic rings. The van der Waals surface area contributed by atoms with Crippen LogP contribution >= 0.6 is 12.6 Å². The van der Waals surface area contributed by atoms with Crippen molar-refractivity contribution in [3.05, 3.63) is 0 Å². The highest BCUT2D eigenvalue weighted by Gasteiger charge is 1.85. The second-order valence-corrected chi connectivity index (χ2v) is 2.31.